The van der Waals surface area contributed by atoms with Gasteiger partial charge in [-0.2, -0.15) is 0 Å². The standard InChI is InChI=1S/C25H31N5/c1-18-12-19(2)14-21(13-18)23-17-27-16-22(20-6-7-24(28-15-20)29(3)4)25(23)30-10-5-8-26-9-11-30/h6-7,12-17,26H,5,8-11H2,1-4H3. The molecule has 4 rings (SSSR count). The summed E-state index contributed by atoms with van der Waals surface area (Å²) in [5.74, 6) is 0.956. The van der Waals surface area contributed by atoms with Gasteiger partial charge < -0.3 is 15.1 Å². The Labute approximate surface area is 179 Å². The molecule has 1 N–H and O–H groups in total. The van der Waals surface area contributed by atoms with Gasteiger partial charge in [0.05, 0.1) is 5.69 Å². The molecule has 0 bridgehead atoms. The van der Waals surface area contributed by atoms with Crippen molar-refractivity contribution in [2.75, 3.05) is 50.1 Å². The van der Waals surface area contributed by atoms with Crippen LogP contribution in [0.3, 0.4) is 0 Å². The van der Waals surface area contributed by atoms with Gasteiger partial charge in [0, 0.05) is 69.0 Å². The lowest BCUT2D eigenvalue weighted by Gasteiger charge is -2.28. The van der Waals surface area contributed by atoms with Crippen LogP contribution in [0.2, 0.25) is 0 Å². The Morgan fingerprint density at radius 3 is 2.27 bits per heavy atom. The van der Waals surface area contributed by atoms with E-state index in [9.17, 15) is 0 Å². The summed E-state index contributed by atoms with van der Waals surface area (Å²) in [5, 5.41) is 3.53. The molecule has 0 unspecified atom stereocenters. The van der Waals surface area contributed by atoms with Gasteiger partial charge in [-0.1, -0.05) is 29.3 Å². The van der Waals surface area contributed by atoms with Crippen LogP contribution in [0.1, 0.15) is 17.5 Å². The SMILES string of the molecule is Cc1cc(C)cc(-c2cncc(-c3ccc(N(C)C)nc3)c2N2CCCNCC2)c1. The molecule has 1 fully saturated rings. The van der Waals surface area contributed by atoms with Crippen LogP contribution in [0, 0.1) is 13.8 Å². The van der Waals surface area contributed by atoms with E-state index in [-0.39, 0.29) is 0 Å². The predicted octanol–water partition coefficient (Wildman–Crippen LogP) is 4.29. The first-order valence-electron chi connectivity index (χ1n) is 10.7. The Morgan fingerprint density at radius 2 is 1.60 bits per heavy atom. The van der Waals surface area contributed by atoms with Gasteiger partial charge in [-0.05, 0) is 44.5 Å². The second-order valence-electron chi connectivity index (χ2n) is 8.35. The minimum Gasteiger partial charge on any atom is -0.369 e. The van der Waals surface area contributed by atoms with Crippen molar-refractivity contribution in [2.45, 2.75) is 20.3 Å². The summed E-state index contributed by atoms with van der Waals surface area (Å²) in [4.78, 5) is 13.9. The Balaban J connectivity index is 1.89. The van der Waals surface area contributed by atoms with Crippen LogP contribution in [0.25, 0.3) is 22.3 Å². The molecule has 0 atom stereocenters. The zero-order chi connectivity index (χ0) is 21.1. The molecule has 0 aliphatic carbocycles. The second kappa shape index (κ2) is 8.84. The first-order valence-corrected chi connectivity index (χ1v) is 10.7. The maximum absolute atomic E-state index is 4.66. The van der Waals surface area contributed by atoms with Crippen molar-refractivity contribution in [3.8, 4) is 22.3 Å². The highest BCUT2D eigenvalue weighted by Gasteiger charge is 2.20. The monoisotopic (exact) mass is 401 g/mol. The molecule has 5 nitrogen and oxygen atoms in total. The number of benzene rings is 1. The Kier molecular flexibility index (Phi) is 6.00. The number of anilines is 2. The highest BCUT2D eigenvalue weighted by molar-refractivity contribution is 5.90. The summed E-state index contributed by atoms with van der Waals surface area (Å²) in [6, 6.07) is 11.0. The fourth-order valence-electron chi connectivity index (χ4n) is 4.23. The second-order valence-corrected chi connectivity index (χ2v) is 8.35. The quantitative estimate of drug-likeness (QED) is 0.706. The van der Waals surface area contributed by atoms with E-state index >= 15 is 0 Å². The summed E-state index contributed by atoms with van der Waals surface area (Å²) in [5.41, 5.74) is 8.48. The van der Waals surface area contributed by atoms with Crippen LogP contribution in [-0.2, 0) is 0 Å². The summed E-state index contributed by atoms with van der Waals surface area (Å²) >= 11 is 0. The fourth-order valence-corrected chi connectivity index (χ4v) is 4.23. The summed E-state index contributed by atoms with van der Waals surface area (Å²) < 4.78 is 0. The van der Waals surface area contributed by atoms with Crippen molar-refractivity contribution in [2.24, 2.45) is 0 Å². The van der Waals surface area contributed by atoms with E-state index in [2.05, 4.69) is 64.4 Å². The molecule has 1 aliphatic rings. The van der Waals surface area contributed by atoms with E-state index in [1.165, 1.54) is 27.9 Å². The predicted molar refractivity (Wildman–Crippen MR) is 126 cm³/mol. The normalized spacial score (nSPS) is 14.5. The van der Waals surface area contributed by atoms with Crippen molar-refractivity contribution in [1.82, 2.24) is 15.3 Å². The van der Waals surface area contributed by atoms with Crippen LogP contribution in [0.15, 0.2) is 48.9 Å². The van der Waals surface area contributed by atoms with E-state index in [0.29, 0.717) is 0 Å². The molecule has 0 saturated carbocycles. The first-order chi connectivity index (χ1) is 14.5. The van der Waals surface area contributed by atoms with Gasteiger partial charge in [0.15, 0.2) is 0 Å². The Hall–Kier alpha value is -2.92. The van der Waals surface area contributed by atoms with Gasteiger partial charge in [0.1, 0.15) is 5.82 Å². The number of nitrogens with zero attached hydrogens (tertiary/aromatic N) is 4. The molecule has 0 amide bonds. The molecule has 156 valence electrons. The van der Waals surface area contributed by atoms with Gasteiger partial charge in [-0.25, -0.2) is 4.98 Å². The van der Waals surface area contributed by atoms with Gasteiger partial charge in [-0.3, -0.25) is 4.98 Å². The van der Waals surface area contributed by atoms with Crippen LogP contribution < -0.4 is 15.1 Å². The lowest BCUT2D eigenvalue weighted by atomic mass is 9.96. The van der Waals surface area contributed by atoms with Gasteiger partial charge >= 0.3 is 0 Å². The average Bonchev–Trinajstić information content (AvgIpc) is 3.02. The summed E-state index contributed by atoms with van der Waals surface area (Å²) in [6.07, 6.45) is 7.11. The molecular weight excluding hydrogens is 370 g/mol. The lowest BCUT2D eigenvalue weighted by molar-refractivity contribution is 0.724. The molecule has 1 aliphatic heterocycles. The number of rotatable bonds is 4. The van der Waals surface area contributed by atoms with Crippen molar-refractivity contribution in [3.63, 3.8) is 0 Å². The van der Waals surface area contributed by atoms with E-state index < -0.39 is 0 Å². The maximum Gasteiger partial charge on any atom is 0.127 e. The summed E-state index contributed by atoms with van der Waals surface area (Å²) in [7, 11) is 4.03. The third-order valence-electron chi connectivity index (χ3n) is 5.62. The van der Waals surface area contributed by atoms with Crippen molar-refractivity contribution in [3.05, 3.63) is 60.0 Å². The van der Waals surface area contributed by atoms with Crippen LogP contribution in [-0.4, -0.2) is 50.2 Å². The largest absolute Gasteiger partial charge is 0.369 e. The van der Waals surface area contributed by atoms with E-state index in [1.807, 2.05) is 37.6 Å². The Morgan fingerprint density at radius 1 is 0.867 bits per heavy atom. The third-order valence-corrected chi connectivity index (χ3v) is 5.62. The first kappa shape index (κ1) is 20.4. The number of hydrogen-bond acceptors (Lipinski definition) is 5. The topological polar surface area (TPSA) is 44.3 Å². The minimum absolute atomic E-state index is 0.956. The van der Waals surface area contributed by atoms with E-state index in [0.717, 1.165) is 49.5 Å². The van der Waals surface area contributed by atoms with Gasteiger partial charge in [0.25, 0.3) is 0 Å². The van der Waals surface area contributed by atoms with Crippen molar-refractivity contribution >= 4 is 11.5 Å². The van der Waals surface area contributed by atoms with E-state index in [1.54, 1.807) is 0 Å². The molecule has 3 heterocycles. The Bertz CT molecular complexity index is 982. The number of pyridine rings is 2. The molecule has 0 spiro atoms. The zero-order valence-corrected chi connectivity index (χ0v) is 18.4. The molecule has 1 aromatic carbocycles. The zero-order valence-electron chi connectivity index (χ0n) is 18.4. The number of aromatic nitrogens is 2. The van der Waals surface area contributed by atoms with Crippen LogP contribution in [0.5, 0.6) is 0 Å². The van der Waals surface area contributed by atoms with Crippen molar-refractivity contribution in [1.29, 1.82) is 0 Å². The molecule has 0 radical (unpaired) electrons. The maximum atomic E-state index is 4.66. The van der Waals surface area contributed by atoms with Crippen LogP contribution >= 0.6 is 0 Å². The fraction of sp³-hybridized carbons (Fsp3) is 0.360. The highest BCUT2D eigenvalue weighted by Crippen LogP contribution is 2.39. The van der Waals surface area contributed by atoms with Crippen molar-refractivity contribution < 1.29 is 0 Å². The summed E-state index contributed by atoms with van der Waals surface area (Å²) in [6.45, 7) is 8.39. The van der Waals surface area contributed by atoms with Gasteiger partial charge in [0.2, 0.25) is 0 Å². The molecule has 1 saturated heterocycles. The highest BCUT2D eigenvalue weighted by atomic mass is 15.2. The molecule has 5 heteroatoms. The average molecular weight is 402 g/mol. The molecule has 2 aromatic heterocycles. The molecule has 30 heavy (non-hydrogen) atoms. The van der Waals surface area contributed by atoms with Crippen LogP contribution in [0.4, 0.5) is 11.5 Å². The van der Waals surface area contributed by atoms with Gasteiger partial charge in [-0.15, -0.1) is 0 Å². The minimum atomic E-state index is 0.956. The van der Waals surface area contributed by atoms with E-state index in [4.69, 9.17) is 0 Å². The molecule has 3 aromatic rings. The number of hydrogen-bond donors (Lipinski definition) is 1. The number of nitrogens with one attached hydrogen (secondary N) is 1. The molecular formula is C25H31N5. The number of aryl methyl sites for hydroxylation is 2. The third kappa shape index (κ3) is 4.31. The smallest absolute Gasteiger partial charge is 0.127 e. The lowest BCUT2D eigenvalue weighted by Crippen LogP contribution is -2.29.